The Labute approximate surface area is 174 Å². The van der Waals surface area contributed by atoms with Crippen molar-refractivity contribution in [2.45, 2.75) is 25.7 Å². The molecule has 2 heterocycles. The first-order chi connectivity index (χ1) is 14.4. The zero-order valence-electron chi connectivity index (χ0n) is 16.2. The third-order valence-corrected chi connectivity index (χ3v) is 7.34. The first kappa shape index (κ1) is 16.9. The summed E-state index contributed by atoms with van der Waals surface area (Å²) in [7, 11) is 0. The molecule has 29 heavy (non-hydrogen) atoms. The van der Waals surface area contributed by atoms with Crippen LogP contribution in [0, 0.1) is 0 Å². The highest BCUT2D eigenvalue weighted by Crippen LogP contribution is 2.42. The summed E-state index contributed by atoms with van der Waals surface area (Å²) in [5, 5.41) is 2.69. The molecule has 1 aliphatic carbocycles. The minimum Gasteiger partial charge on any atom is -0.256 e. The van der Waals surface area contributed by atoms with E-state index in [1.165, 1.54) is 72.9 Å². The van der Waals surface area contributed by atoms with Gasteiger partial charge in [-0.05, 0) is 60.1 Å². The number of rotatable bonds is 2. The first-order valence-corrected chi connectivity index (χ1v) is 11.2. The minimum absolute atomic E-state index is 1.15. The molecule has 0 fully saturated rings. The highest BCUT2D eigenvalue weighted by molar-refractivity contribution is 7.26. The molecule has 2 heteroatoms. The van der Waals surface area contributed by atoms with Crippen molar-refractivity contribution in [1.29, 1.82) is 0 Å². The van der Waals surface area contributed by atoms with Crippen LogP contribution >= 0.6 is 11.3 Å². The molecule has 0 radical (unpaired) electrons. The van der Waals surface area contributed by atoms with Gasteiger partial charge in [-0.2, -0.15) is 0 Å². The van der Waals surface area contributed by atoms with Crippen LogP contribution in [0.5, 0.6) is 0 Å². The monoisotopic (exact) mass is 391 g/mol. The summed E-state index contributed by atoms with van der Waals surface area (Å²) in [5.74, 6) is 0. The molecule has 1 aliphatic rings. The molecule has 140 valence electrons. The van der Waals surface area contributed by atoms with Crippen molar-refractivity contribution < 1.29 is 0 Å². The molecule has 0 atom stereocenters. The van der Waals surface area contributed by atoms with Crippen LogP contribution in [0.4, 0.5) is 0 Å². The van der Waals surface area contributed by atoms with Gasteiger partial charge < -0.3 is 0 Å². The number of benzene rings is 3. The van der Waals surface area contributed by atoms with Crippen LogP contribution in [0.3, 0.4) is 0 Å². The Morgan fingerprint density at radius 1 is 0.724 bits per heavy atom. The van der Waals surface area contributed by atoms with E-state index in [0.717, 1.165) is 6.42 Å². The maximum atomic E-state index is 4.85. The Balaban J connectivity index is 1.58. The fraction of sp³-hybridized carbons (Fsp3) is 0.148. The van der Waals surface area contributed by atoms with Gasteiger partial charge in [0, 0.05) is 31.9 Å². The zero-order valence-corrected chi connectivity index (χ0v) is 17.0. The van der Waals surface area contributed by atoms with E-state index in [2.05, 4.69) is 72.8 Å². The van der Waals surface area contributed by atoms with Crippen LogP contribution < -0.4 is 0 Å². The molecule has 2 aromatic heterocycles. The van der Waals surface area contributed by atoms with Gasteiger partial charge in [0.2, 0.25) is 0 Å². The quantitative estimate of drug-likeness (QED) is 0.301. The summed E-state index contributed by atoms with van der Waals surface area (Å²) in [5.41, 5.74) is 8.00. The minimum atomic E-state index is 1.15. The first-order valence-electron chi connectivity index (χ1n) is 10.4. The van der Waals surface area contributed by atoms with Crippen LogP contribution in [0.2, 0.25) is 0 Å². The van der Waals surface area contributed by atoms with E-state index in [9.17, 15) is 0 Å². The summed E-state index contributed by atoms with van der Waals surface area (Å²) in [6.45, 7) is 0. The third-order valence-electron chi connectivity index (χ3n) is 6.14. The molecular weight excluding hydrogens is 370 g/mol. The van der Waals surface area contributed by atoms with Gasteiger partial charge in [-0.1, -0.05) is 60.7 Å². The van der Waals surface area contributed by atoms with E-state index in [4.69, 9.17) is 4.98 Å². The lowest BCUT2D eigenvalue weighted by Gasteiger charge is -2.18. The Morgan fingerprint density at radius 2 is 1.62 bits per heavy atom. The second-order valence-electron chi connectivity index (χ2n) is 7.87. The normalized spacial score (nSPS) is 13.7. The van der Waals surface area contributed by atoms with Crippen molar-refractivity contribution >= 4 is 31.5 Å². The number of thiophene rings is 1. The fourth-order valence-corrected chi connectivity index (χ4v) is 5.95. The maximum Gasteiger partial charge on any atom is 0.0751 e. The Hall–Kier alpha value is -2.97. The van der Waals surface area contributed by atoms with Gasteiger partial charge in [0.1, 0.15) is 0 Å². The number of hydrogen-bond donors (Lipinski definition) is 0. The number of aryl methyl sites for hydroxylation is 1. The van der Waals surface area contributed by atoms with Crippen molar-refractivity contribution in [3.05, 3.63) is 90.1 Å². The SMILES string of the molecule is c1ccc(-c2ccc3c(c2)sc2c(-c4nccc5c4CCCC5)cccc23)cc1. The number of hydrogen-bond acceptors (Lipinski definition) is 2. The van der Waals surface area contributed by atoms with Gasteiger partial charge in [0.05, 0.1) is 5.69 Å². The molecule has 0 unspecified atom stereocenters. The molecule has 0 aliphatic heterocycles. The van der Waals surface area contributed by atoms with Crippen molar-refractivity contribution in [2.75, 3.05) is 0 Å². The molecule has 0 saturated heterocycles. The van der Waals surface area contributed by atoms with E-state index < -0.39 is 0 Å². The number of pyridine rings is 1. The smallest absolute Gasteiger partial charge is 0.0751 e. The summed E-state index contributed by atoms with van der Waals surface area (Å²) >= 11 is 1.90. The van der Waals surface area contributed by atoms with Crippen molar-refractivity contribution in [3.8, 4) is 22.4 Å². The number of nitrogens with zero attached hydrogens (tertiary/aromatic N) is 1. The van der Waals surface area contributed by atoms with Gasteiger partial charge in [-0.25, -0.2) is 0 Å². The highest BCUT2D eigenvalue weighted by Gasteiger charge is 2.18. The van der Waals surface area contributed by atoms with Crippen molar-refractivity contribution in [2.24, 2.45) is 0 Å². The fourth-order valence-electron chi connectivity index (χ4n) is 4.69. The van der Waals surface area contributed by atoms with Crippen molar-refractivity contribution in [1.82, 2.24) is 4.98 Å². The molecule has 0 amide bonds. The van der Waals surface area contributed by atoms with Crippen LogP contribution in [-0.4, -0.2) is 4.98 Å². The lowest BCUT2D eigenvalue weighted by Crippen LogP contribution is -2.05. The van der Waals surface area contributed by atoms with E-state index >= 15 is 0 Å². The molecule has 0 N–H and O–H groups in total. The van der Waals surface area contributed by atoms with Gasteiger partial charge in [-0.15, -0.1) is 11.3 Å². The molecule has 3 aromatic carbocycles. The topological polar surface area (TPSA) is 12.9 Å². The van der Waals surface area contributed by atoms with Crippen LogP contribution in [0.1, 0.15) is 24.0 Å². The molecular formula is C27H21NS. The molecule has 0 bridgehead atoms. The summed E-state index contributed by atoms with van der Waals surface area (Å²) < 4.78 is 2.71. The van der Waals surface area contributed by atoms with Gasteiger partial charge in [0.15, 0.2) is 0 Å². The van der Waals surface area contributed by atoms with Gasteiger partial charge >= 0.3 is 0 Å². The summed E-state index contributed by atoms with van der Waals surface area (Å²) in [6, 6.07) is 26.4. The summed E-state index contributed by atoms with van der Waals surface area (Å²) in [4.78, 5) is 4.85. The van der Waals surface area contributed by atoms with E-state index in [-0.39, 0.29) is 0 Å². The predicted octanol–water partition coefficient (Wildman–Crippen LogP) is 7.66. The van der Waals surface area contributed by atoms with Gasteiger partial charge in [-0.3, -0.25) is 4.98 Å². The van der Waals surface area contributed by atoms with Crippen LogP contribution in [0.25, 0.3) is 42.6 Å². The molecule has 1 nitrogen and oxygen atoms in total. The maximum absolute atomic E-state index is 4.85. The van der Waals surface area contributed by atoms with E-state index in [1.54, 1.807) is 0 Å². The average Bonchev–Trinajstić information content (AvgIpc) is 3.17. The number of fused-ring (bicyclic) bond motifs is 4. The highest BCUT2D eigenvalue weighted by atomic mass is 32.1. The standard InChI is InChI=1S/C27H21NS/c1-2-7-18(8-3-1)20-13-14-22-23-11-6-12-24(27(23)29-25(22)17-20)26-21-10-5-4-9-19(21)15-16-28-26/h1-3,6-8,11-17H,4-5,9-10H2. The average molecular weight is 392 g/mol. The Bertz CT molecular complexity index is 1350. The van der Waals surface area contributed by atoms with E-state index in [0.29, 0.717) is 0 Å². The molecule has 5 aromatic rings. The Morgan fingerprint density at radius 3 is 2.55 bits per heavy atom. The van der Waals surface area contributed by atoms with E-state index in [1.807, 2.05) is 17.5 Å². The van der Waals surface area contributed by atoms with Crippen molar-refractivity contribution in [3.63, 3.8) is 0 Å². The summed E-state index contributed by atoms with van der Waals surface area (Å²) in [6.07, 6.45) is 6.91. The second kappa shape index (κ2) is 6.82. The van der Waals surface area contributed by atoms with Crippen LogP contribution in [0.15, 0.2) is 79.0 Å². The predicted molar refractivity (Wildman–Crippen MR) is 125 cm³/mol. The van der Waals surface area contributed by atoms with Crippen LogP contribution in [-0.2, 0) is 12.8 Å². The zero-order chi connectivity index (χ0) is 19.2. The lowest BCUT2D eigenvalue weighted by atomic mass is 9.89. The molecule has 0 saturated carbocycles. The molecule has 6 rings (SSSR count). The lowest BCUT2D eigenvalue weighted by molar-refractivity contribution is 0.684. The third kappa shape index (κ3) is 2.79. The van der Waals surface area contributed by atoms with Gasteiger partial charge in [0.25, 0.3) is 0 Å². The number of aromatic nitrogens is 1. The molecule has 0 spiro atoms. The second-order valence-corrected chi connectivity index (χ2v) is 8.92. The Kier molecular flexibility index (Phi) is 3.98. The largest absolute Gasteiger partial charge is 0.256 e.